The molecular formula is C13H13F3O2. The first-order chi connectivity index (χ1) is 8.43. The average Bonchev–Trinajstić information content (AvgIpc) is 2.33. The number of benzene rings is 1. The average molecular weight is 258 g/mol. The Morgan fingerprint density at radius 1 is 1.28 bits per heavy atom. The topological polar surface area (TPSA) is 26.3 Å². The highest BCUT2D eigenvalue weighted by molar-refractivity contribution is 5.97. The molecule has 0 aliphatic heterocycles. The highest BCUT2D eigenvalue weighted by Crippen LogP contribution is 2.18. The predicted molar refractivity (Wildman–Crippen MR) is 62.3 cm³/mol. The van der Waals surface area contributed by atoms with Crippen LogP contribution in [0, 0.1) is 0 Å². The van der Waals surface area contributed by atoms with Crippen molar-refractivity contribution in [2.24, 2.45) is 0 Å². The highest BCUT2D eigenvalue weighted by atomic mass is 19.4. The van der Waals surface area contributed by atoms with Gasteiger partial charge in [0.15, 0.2) is 0 Å². The monoisotopic (exact) mass is 258 g/mol. The van der Waals surface area contributed by atoms with Crippen LogP contribution in [0.5, 0.6) is 5.75 Å². The number of hydrogen-bond acceptors (Lipinski definition) is 2. The molecule has 0 saturated carbocycles. The molecule has 1 aromatic carbocycles. The van der Waals surface area contributed by atoms with Crippen LogP contribution in [0.3, 0.4) is 0 Å². The smallest absolute Gasteiger partial charge is 0.454 e. The van der Waals surface area contributed by atoms with Crippen molar-refractivity contribution in [1.82, 2.24) is 0 Å². The van der Waals surface area contributed by atoms with E-state index in [-0.39, 0.29) is 0 Å². The van der Waals surface area contributed by atoms with E-state index in [4.69, 9.17) is 4.74 Å². The third kappa shape index (κ3) is 4.61. The summed E-state index contributed by atoms with van der Waals surface area (Å²) >= 11 is 0. The molecule has 0 unspecified atom stereocenters. The number of carbonyl (C=O) groups excluding carboxylic acids is 1. The summed E-state index contributed by atoms with van der Waals surface area (Å²) in [6, 6.07) is 6.47. The van der Waals surface area contributed by atoms with Gasteiger partial charge in [0.2, 0.25) is 0 Å². The van der Waals surface area contributed by atoms with Crippen molar-refractivity contribution in [3.63, 3.8) is 0 Å². The van der Waals surface area contributed by atoms with Gasteiger partial charge in [-0.1, -0.05) is 25.1 Å². The zero-order chi connectivity index (χ0) is 13.6. The number of hydrogen-bond donors (Lipinski definition) is 0. The largest absolute Gasteiger partial charge is 0.494 e. The molecule has 0 N–H and O–H groups in total. The number of ether oxygens (including phenoxy) is 1. The molecule has 0 amide bonds. The molecule has 0 spiro atoms. The number of halogens is 3. The summed E-state index contributed by atoms with van der Waals surface area (Å²) in [5.41, 5.74) is 0.511. The molecule has 0 atom stereocenters. The lowest BCUT2D eigenvalue weighted by Gasteiger charge is -2.04. The zero-order valence-electron chi connectivity index (χ0n) is 9.83. The molecule has 0 fully saturated rings. The summed E-state index contributed by atoms with van der Waals surface area (Å²) in [7, 11) is 0. The first kappa shape index (κ1) is 14.3. The highest BCUT2D eigenvalue weighted by Gasteiger charge is 2.35. The Morgan fingerprint density at radius 3 is 2.39 bits per heavy atom. The van der Waals surface area contributed by atoms with Gasteiger partial charge >= 0.3 is 6.18 Å². The Labute approximate surface area is 103 Å². The van der Waals surface area contributed by atoms with Crippen molar-refractivity contribution in [3.05, 3.63) is 35.9 Å². The van der Waals surface area contributed by atoms with Crippen LogP contribution in [0.2, 0.25) is 0 Å². The lowest BCUT2D eigenvalue weighted by atomic mass is 10.2. The number of carbonyl (C=O) groups is 1. The van der Waals surface area contributed by atoms with Crippen LogP contribution in [0.1, 0.15) is 18.9 Å². The van der Waals surface area contributed by atoms with Crippen molar-refractivity contribution in [2.45, 2.75) is 19.5 Å². The summed E-state index contributed by atoms with van der Waals surface area (Å²) in [5, 5.41) is 0. The Kier molecular flexibility index (Phi) is 4.95. The summed E-state index contributed by atoms with van der Waals surface area (Å²) in [6.07, 6.45) is -2.30. The molecule has 2 nitrogen and oxygen atoms in total. The van der Waals surface area contributed by atoms with E-state index in [1.54, 1.807) is 24.3 Å². The molecule has 0 saturated heterocycles. The lowest BCUT2D eigenvalue weighted by molar-refractivity contribution is -0.165. The number of allylic oxidation sites excluding steroid dienone is 1. The minimum atomic E-state index is -4.82. The fourth-order valence-electron chi connectivity index (χ4n) is 1.16. The second-order valence-corrected chi connectivity index (χ2v) is 3.61. The SMILES string of the molecule is CCCOc1ccc(/C=C/C(=O)C(F)(F)F)cc1. The van der Waals surface area contributed by atoms with Gasteiger partial charge in [0.05, 0.1) is 6.61 Å². The summed E-state index contributed by atoms with van der Waals surface area (Å²) in [5.74, 6) is -1.22. The summed E-state index contributed by atoms with van der Waals surface area (Å²) in [6.45, 7) is 2.56. The third-order valence-corrected chi connectivity index (χ3v) is 2.06. The quantitative estimate of drug-likeness (QED) is 0.754. The van der Waals surface area contributed by atoms with E-state index in [2.05, 4.69) is 0 Å². The van der Waals surface area contributed by atoms with Gasteiger partial charge in [0.1, 0.15) is 5.75 Å². The third-order valence-electron chi connectivity index (χ3n) is 2.06. The van der Waals surface area contributed by atoms with E-state index in [0.717, 1.165) is 12.5 Å². The normalized spacial score (nSPS) is 11.8. The first-order valence-corrected chi connectivity index (χ1v) is 5.45. The van der Waals surface area contributed by atoms with E-state index < -0.39 is 12.0 Å². The predicted octanol–water partition coefficient (Wildman–Crippen LogP) is 3.62. The van der Waals surface area contributed by atoms with Gasteiger partial charge in [0.25, 0.3) is 5.78 Å². The number of ketones is 1. The van der Waals surface area contributed by atoms with Gasteiger partial charge in [-0.2, -0.15) is 13.2 Å². The molecule has 5 heteroatoms. The van der Waals surface area contributed by atoms with Gasteiger partial charge < -0.3 is 4.74 Å². The number of rotatable bonds is 5. The Hall–Kier alpha value is -1.78. The maximum atomic E-state index is 11.9. The second-order valence-electron chi connectivity index (χ2n) is 3.61. The van der Waals surface area contributed by atoms with Crippen LogP contribution in [0.4, 0.5) is 13.2 Å². The molecule has 0 bridgehead atoms. The van der Waals surface area contributed by atoms with E-state index in [0.29, 0.717) is 24.0 Å². The van der Waals surface area contributed by atoms with Crippen molar-refractivity contribution >= 4 is 11.9 Å². The molecular weight excluding hydrogens is 245 g/mol. The molecule has 98 valence electrons. The molecule has 1 rings (SSSR count). The van der Waals surface area contributed by atoms with Crippen LogP contribution in [0.25, 0.3) is 6.08 Å². The molecule has 0 aromatic heterocycles. The molecule has 1 aromatic rings. The Balaban J connectivity index is 2.64. The second kappa shape index (κ2) is 6.23. The minimum Gasteiger partial charge on any atom is -0.494 e. The standard InChI is InChI=1S/C13H13F3O2/c1-2-9-18-11-6-3-10(4-7-11)5-8-12(17)13(14,15)16/h3-8H,2,9H2,1H3/b8-5+. The van der Waals surface area contributed by atoms with Gasteiger partial charge in [0, 0.05) is 0 Å². The minimum absolute atomic E-state index is 0.511. The van der Waals surface area contributed by atoms with Crippen molar-refractivity contribution in [3.8, 4) is 5.75 Å². The van der Waals surface area contributed by atoms with Gasteiger partial charge in [-0.25, -0.2) is 0 Å². The lowest BCUT2D eigenvalue weighted by Crippen LogP contribution is -2.19. The van der Waals surface area contributed by atoms with E-state index >= 15 is 0 Å². The van der Waals surface area contributed by atoms with Gasteiger partial charge in [-0.3, -0.25) is 4.79 Å². The molecule has 18 heavy (non-hydrogen) atoms. The maximum absolute atomic E-state index is 11.9. The van der Waals surface area contributed by atoms with E-state index in [9.17, 15) is 18.0 Å². The van der Waals surface area contributed by atoms with Crippen molar-refractivity contribution in [2.75, 3.05) is 6.61 Å². The van der Waals surface area contributed by atoms with Gasteiger partial charge in [-0.15, -0.1) is 0 Å². The Morgan fingerprint density at radius 2 is 1.89 bits per heavy atom. The van der Waals surface area contributed by atoms with Crippen molar-refractivity contribution in [1.29, 1.82) is 0 Å². The Bertz CT molecular complexity index is 419. The first-order valence-electron chi connectivity index (χ1n) is 5.45. The van der Waals surface area contributed by atoms with Crippen LogP contribution in [-0.4, -0.2) is 18.6 Å². The molecule has 0 aliphatic carbocycles. The van der Waals surface area contributed by atoms with Crippen LogP contribution < -0.4 is 4.74 Å². The fourth-order valence-corrected chi connectivity index (χ4v) is 1.16. The summed E-state index contributed by atoms with van der Waals surface area (Å²) in [4.78, 5) is 10.6. The van der Waals surface area contributed by atoms with Crippen LogP contribution >= 0.6 is 0 Å². The molecule has 0 aliphatic rings. The van der Waals surface area contributed by atoms with Crippen LogP contribution in [-0.2, 0) is 4.79 Å². The van der Waals surface area contributed by atoms with E-state index in [1.807, 2.05) is 6.92 Å². The molecule has 0 heterocycles. The maximum Gasteiger partial charge on any atom is 0.454 e. The zero-order valence-corrected chi connectivity index (χ0v) is 9.83. The number of alkyl halides is 3. The van der Waals surface area contributed by atoms with E-state index in [1.165, 1.54) is 0 Å². The van der Waals surface area contributed by atoms with Gasteiger partial charge in [-0.05, 0) is 30.2 Å². The van der Waals surface area contributed by atoms with Crippen LogP contribution in [0.15, 0.2) is 30.3 Å². The molecule has 0 radical (unpaired) electrons. The fraction of sp³-hybridized carbons (Fsp3) is 0.308. The van der Waals surface area contributed by atoms with Crippen molar-refractivity contribution < 1.29 is 22.7 Å². The summed E-state index contributed by atoms with van der Waals surface area (Å²) < 4.78 is 41.1.